The third-order valence-corrected chi connectivity index (χ3v) is 3.80. The normalized spacial score (nSPS) is 10.7. The maximum atomic E-state index is 12.5. The highest BCUT2D eigenvalue weighted by Gasteiger charge is 2.19. The average molecular weight is 307 g/mol. The van der Waals surface area contributed by atoms with Crippen LogP contribution in [0.25, 0.3) is 21.9 Å². The van der Waals surface area contributed by atoms with Crippen LogP contribution in [-0.2, 0) is 4.74 Å². The van der Waals surface area contributed by atoms with Gasteiger partial charge < -0.3 is 9.72 Å². The highest BCUT2D eigenvalue weighted by molar-refractivity contribution is 6.09. The van der Waals surface area contributed by atoms with Crippen molar-refractivity contribution in [3.05, 3.63) is 70.1 Å². The third-order valence-electron chi connectivity index (χ3n) is 3.80. The minimum Gasteiger partial charge on any atom is -0.462 e. The molecule has 1 aromatic heterocycles. The van der Waals surface area contributed by atoms with Crippen molar-refractivity contribution in [3.63, 3.8) is 0 Å². The van der Waals surface area contributed by atoms with Gasteiger partial charge in [0, 0.05) is 11.1 Å². The van der Waals surface area contributed by atoms with E-state index in [0.29, 0.717) is 22.0 Å². The van der Waals surface area contributed by atoms with Gasteiger partial charge in [0.1, 0.15) is 0 Å². The van der Waals surface area contributed by atoms with Crippen LogP contribution in [0.5, 0.6) is 0 Å². The van der Waals surface area contributed by atoms with Crippen LogP contribution in [0.15, 0.2) is 53.3 Å². The summed E-state index contributed by atoms with van der Waals surface area (Å²) in [7, 11) is 0. The number of rotatable bonds is 3. The zero-order valence-electron chi connectivity index (χ0n) is 13.1. The second-order valence-electron chi connectivity index (χ2n) is 5.27. The van der Waals surface area contributed by atoms with E-state index in [0.717, 1.165) is 11.1 Å². The Bertz CT molecular complexity index is 926. The number of nitrogens with one attached hydrogen (secondary N) is 1. The molecular formula is C19H17NO3. The molecule has 0 aliphatic rings. The van der Waals surface area contributed by atoms with E-state index >= 15 is 0 Å². The number of aromatic nitrogens is 1. The summed E-state index contributed by atoms with van der Waals surface area (Å²) < 4.78 is 5.14. The molecule has 0 saturated heterocycles. The zero-order valence-corrected chi connectivity index (χ0v) is 13.1. The first kappa shape index (κ1) is 15.0. The topological polar surface area (TPSA) is 59.2 Å². The molecule has 3 aromatic rings. The molecule has 4 heteroatoms. The fourth-order valence-corrected chi connectivity index (χ4v) is 2.83. The lowest BCUT2D eigenvalue weighted by molar-refractivity contribution is 0.0527. The van der Waals surface area contributed by atoms with Crippen molar-refractivity contribution in [3.8, 4) is 11.1 Å². The van der Waals surface area contributed by atoms with Gasteiger partial charge in [-0.3, -0.25) is 4.79 Å². The van der Waals surface area contributed by atoms with Gasteiger partial charge in [0.15, 0.2) is 0 Å². The number of esters is 1. The summed E-state index contributed by atoms with van der Waals surface area (Å²) in [4.78, 5) is 27.6. The van der Waals surface area contributed by atoms with Crippen molar-refractivity contribution in [2.24, 2.45) is 0 Å². The first-order valence-corrected chi connectivity index (χ1v) is 7.51. The van der Waals surface area contributed by atoms with E-state index in [9.17, 15) is 9.59 Å². The Morgan fingerprint density at radius 3 is 2.52 bits per heavy atom. The molecule has 0 fully saturated rings. The fraction of sp³-hybridized carbons (Fsp3) is 0.158. The molecule has 23 heavy (non-hydrogen) atoms. The molecule has 0 unspecified atom stereocenters. The lowest BCUT2D eigenvalue weighted by Gasteiger charge is -2.12. The Morgan fingerprint density at radius 1 is 1.09 bits per heavy atom. The van der Waals surface area contributed by atoms with E-state index in [4.69, 9.17) is 4.74 Å². The van der Waals surface area contributed by atoms with Gasteiger partial charge in [0.05, 0.1) is 17.6 Å². The summed E-state index contributed by atoms with van der Waals surface area (Å²) in [6.45, 7) is 3.76. The predicted molar refractivity (Wildman–Crippen MR) is 90.7 cm³/mol. The van der Waals surface area contributed by atoms with Crippen molar-refractivity contribution in [1.82, 2.24) is 4.98 Å². The number of pyridine rings is 1. The molecule has 0 amide bonds. The number of hydrogen-bond acceptors (Lipinski definition) is 3. The van der Waals surface area contributed by atoms with Crippen LogP contribution >= 0.6 is 0 Å². The summed E-state index contributed by atoms with van der Waals surface area (Å²) in [5.41, 5.74) is 2.47. The Hall–Kier alpha value is -2.88. The number of ether oxygens (including phenoxy) is 1. The first-order chi connectivity index (χ1) is 11.1. The van der Waals surface area contributed by atoms with Crippen LogP contribution in [0.1, 0.15) is 23.0 Å². The molecule has 0 bridgehead atoms. The van der Waals surface area contributed by atoms with Crippen LogP contribution in [-0.4, -0.2) is 17.6 Å². The molecule has 0 radical (unpaired) electrons. The van der Waals surface area contributed by atoms with Crippen molar-refractivity contribution >= 4 is 16.7 Å². The number of H-pyrrole nitrogens is 1. The molecule has 2 aromatic carbocycles. The highest BCUT2D eigenvalue weighted by Crippen LogP contribution is 2.29. The minimum absolute atomic E-state index is 0.204. The predicted octanol–water partition coefficient (Wildman–Crippen LogP) is 3.68. The molecule has 0 saturated carbocycles. The molecule has 4 nitrogen and oxygen atoms in total. The standard InChI is InChI=1S/C19H17NO3/c1-3-23-19(22)16-12(2)20-18(21)17-14(10-7-11-15(16)17)13-8-5-4-6-9-13/h4-11H,3H2,1-2H3,(H,20,21). The van der Waals surface area contributed by atoms with Gasteiger partial charge in [0.25, 0.3) is 5.56 Å². The van der Waals surface area contributed by atoms with Gasteiger partial charge in [-0.25, -0.2) is 4.79 Å². The van der Waals surface area contributed by atoms with Crippen LogP contribution in [0.4, 0.5) is 0 Å². The Morgan fingerprint density at radius 2 is 1.83 bits per heavy atom. The molecule has 0 aliphatic carbocycles. The van der Waals surface area contributed by atoms with Crippen LogP contribution < -0.4 is 5.56 Å². The largest absolute Gasteiger partial charge is 0.462 e. The highest BCUT2D eigenvalue weighted by atomic mass is 16.5. The second-order valence-corrected chi connectivity index (χ2v) is 5.27. The van der Waals surface area contributed by atoms with Gasteiger partial charge in [-0.1, -0.05) is 48.5 Å². The van der Waals surface area contributed by atoms with Crippen molar-refractivity contribution in [1.29, 1.82) is 0 Å². The minimum atomic E-state index is -0.420. The summed E-state index contributed by atoms with van der Waals surface area (Å²) in [5.74, 6) is -0.420. The fourth-order valence-electron chi connectivity index (χ4n) is 2.83. The summed E-state index contributed by atoms with van der Waals surface area (Å²) in [5, 5.41) is 1.12. The van der Waals surface area contributed by atoms with Crippen LogP contribution in [0, 0.1) is 6.92 Å². The van der Waals surface area contributed by atoms with Crippen molar-refractivity contribution < 1.29 is 9.53 Å². The molecule has 1 heterocycles. The maximum Gasteiger partial charge on any atom is 0.340 e. The molecule has 0 spiro atoms. The summed E-state index contributed by atoms with van der Waals surface area (Å²) >= 11 is 0. The monoisotopic (exact) mass is 307 g/mol. The summed E-state index contributed by atoms with van der Waals surface area (Å²) in [6.07, 6.45) is 0. The van der Waals surface area contributed by atoms with Crippen LogP contribution in [0.3, 0.4) is 0 Å². The number of fused-ring (bicyclic) bond motifs is 1. The molecule has 3 rings (SSSR count). The Balaban J connectivity index is 2.37. The maximum absolute atomic E-state index is 12.5. The third kappa shape index (κ3) is 2.63. The number of benzene rings is 2. The van der Waals surface area contributed by atoms with E-state index in [1.165, 1.54) is 0 Å². The van der Waals surface area contributed by atoms with E-state index < -0.39 is 5.97 Å². The average Bonchev–Trinajstić information content (AvgIpc) is 2.55. The van der Waals surface area contributed by atoms with E-state index in [1.54, 1.807) is 19.9 Å². The van der Waals surface area contributed by atoms with E-state index in [2.05, 4.69) is 4.98 Å². The lowest BCUT2D eigenvalue weighted by Crippen LogP contribution is -2.16. The Labute approximate surface area is 133 Å². The van der Waals surface area contributed by atoms with Gasteiger partial charge in [-0.15, -0.1) is 0 Å². The summed E-state index contributed by atoms with van der Waals surface area (Å²) in [6, 6.07) is 15.2. The molecule has 1 N–H and O–H groups in total. The SMILES string of the molecule is CCOC(=O)c1c(C)[nH]c(=O)c2c(-c3ccccc3)cccc12. The molecular weight excluding hydrogens is 290 g/mol. The Kier molecular flexibility index (Phi) is 3.98. The smallest absolute Gasteiger partial charge is 0.340 e. The second kappa shape index (κ2) is 6.08. The first-order valence-electron chi connectivity index (χ1n) is 7.51. The van der Waals surface area contributed by atoms with Gasteiger partial charge in [0.2, 0.25) is 0 Å². The zero-order chi connectivity index (χ0) is 16.4. The molecule has 116 valence electrons. The van der Waals surface area contributed by atoms with Gasteiger partial charge >= 0.3 is 5.97 Å². The number of hydrogen-bond donors (Lipinski definition) is 1. The van der Waals surface area contributed by atoms with E-state index in [-0.39, 0.29) is 12.2 Å². The lowest BCUT2D eigenvalue weighted by atomic mass is 9.96. The number of carbonyl (C=O) groups excluding carboxylic acids is 1. The van der Waals surface area contributed by atoms with Gasteiger partial charge in [-0.2, -0.15) is 0 Å². The van der Waals surface area contributed by atoms with E-state index in [1.807, 2.05) is 42.5 Å². The van der Waals surface area contributed by atoms with Gasteiger partial charge in [-0.05, 0) is 25.0 Å². The van der Waals surface area contributed by atoms with Crippen molar-refractivity contribution in [2.75, 3.05) is 6.61 Å². The molecule has 0 aliphatic heterocycles. The number of aromatic amines is 1. The molecule has 0 atom stereocenters. The number of carbonyl (C=O) groups is 1. The number of aryl methyl sites for hydroxylation is 1. The van der Waals surface area contributed by atoms with Crippen LogP contribution in [0.2, 0.25) is 0 Å². The van der Waals surface area contributed by atoms with Crippen molar-refractivity contribution in [2.45, 2.75) is 13.8 Å². The quantitative estimate of drug-likeness (QED) is 0.751.